The standard InChI is InChI=1S/C11H11Cl3N2O3/c1-3-15-10(17)5(2)19-11(18)9-8(14)7(13)6(12)4-16-9/h4-5H,3H2,1-2H3,(H,15,17)/t5-/m1/s1. The molecule has 0 radical (unpaired) electrons. The van der Waals surface area contributed by atoms with E-state index >= 15 is 0 Å². The number of likely N-dealkylation sites (N-methyl/N-ethyl adjacent to an activating group) is 1. The first kappa shape index (κ1) is 16.0. The molecule has 1 amide bonds. The van der Waals surface area contributed by atoms with Crippen molar-refractivity contribution < 1.29 is 14.3 Å². The highest BCUT2D eigenvalue weighted by Crippen LogP contribution is 2.31. The Balaban J connectivity index is 2.85. The van der Waals surface area contributed by atoms with E-state index in [0.717, 1.165) is 0 Å². The van der Waals surface area contributed by atoms with Gasteiger partial charge in [0, 0.05) is 12.7 Å². The maximum Gasteiger partial charge on any atom is 0.359 e. The number of carbonyl (C=O) groups is 2. The molecule has 0 saturated carbocycles. The Hall–Kier alpha value is -1.04. The van der Waals surface area contributed by atoms with Crippen molar-refractivity contribution in [1.29, 1.82) is 0 Å². The molecule has 104 valence electrons. The molecule has 0 fully saturated rings. The molecule has 1 aromatic heterocycles. The molecule has 1 rings (SSSR count). The number of halogens is 3. The number of nitrogens with zero attached hydrogens (tertiary/aromatic N) is 1. The summed E-state index contributed by atoms with van der Waals surface area (Å²) < 4.78 is 4.93. The second kappa shape index (κ2) is 6.93. The quantitative estimate of drug-likeness (QED) is 0.864. The minimum Gasteiger partial charge on any atom is -0.448 e. The molecule has 0 aromatic carbocycles. The maximum atomic E-state index is 11.8. The molecule has 8 heteroatoms. The number of esters is 1. The Morgan fingerprint density at radius 3 is 2.58 bits per heavy atom. The molecule has 0 unspecified atom stereocenters. The molecule has 0 bridgehead atoms. The van der Waals surface area contributed by atoms with E-state index in [1.54, 1.807) is 6.92 Å². The second-order valence-electron chi connectivity index (χ2n) is 3.52. The van der Waals surface area contributed by atoms with E-state index in [4.69, 9.17) is 39.5 Å². The van der Waals surface area contributed by atoms with Crippen LogP contribution in [0, 0.1) is 0 Å². The minimum atomic E-state index is -0.959. The highest BCUT2D eigenvalue weighted by atomic mass is 35.5. The molecular formula is C11H11Cl3N2O3. The molecule has 19 heavy (non-hydrogen) atoms. The van der Waals surface area contributed by atoms with Crippen molar-refractivity contribution in [3.05, 3.63) is 27.0 Å². The van der Waals surface area contributed by atoms with Crippen molar-refractivity contribution in [2.45, 2.75) is 20.0 Å². The summed E-state index contributed by atoms with van der Waals surface area (Å²) in [5.41, 5.74) is -0.188. The number of nitrogens with one attached hydrogen (secondary N) is 1. The molecule has 0 saturated heterocycles. The smallest absolute Gasteiger partial charge is 0.359 e. The van der Waals surface area contributed by atoms with Crippen LogP contribution in [0.3, 0.4) is 0 Å². The first-order chi connectivity index (χ1) is 8.88. The third-order valence-electron chi connectivity index (χ3n) is 2.11. The lowest BCUT2D eigenvalue weighted by molar-refractivity contribution is -0.128. The fourth-order valence-electron chi connectivity index (χ4n) is 1.17. The molecule has 1 atom stereocenters. The van der Waals surface area contributed by atoms with Crippen LogP contribution in [0.1, 0.15) is 24.3 Å². The number of aromatic nitrogens is 1. The molecule has 1 aromatic rings. The summed E-state index contributed by atoms with van der Waals surface area (Å²) in [7, 11) is 0. The van der Waals surface area contributed by atoms with Gasteiger partial charge in [0.1, 0.15) is 0 Å². The van der Waals surface area contributed by atoms with E-state index in [0.29, 0.717) is 6.54 Å². The van der Waals surface area contributed by atoms with Gasteiger partial charge >= 0.3 is 5.97 Å². The normalized spacial score (nSPS) is 11.8. The molecule has 5 nitrogen and oxygen atoms in total. The van der Waals surface area contributed by atoms with Gasteiger partial charge in [0.05, 0.1) is 15.1 Å². The number of ether oxygens (including phenoxy) is 1. The summed E-state index contributed by atoms with van der Waals surface area (Å²) >= 11 is 17.3. The Morgan fingerprint density at radius 2 is 2.00 bits per heavy atom. The summed E-state index contributed by atoms with van der Waals surface area (Å²) in [5, 5.41) is 2.55. The van der Waals surface area contributed by atoms with E-state index < -0.39 is 18.0 Å². The summed E-state index contributed by atoms with van der Waals surface area (Å²) in [6.07, 6.45) is 0.225. The van der Waals surface area contributed by atoms with Crippen LogP contribution in [-0.4, -0.2) is 29.5 Å². The van der Waals surface area contributed by atoms with Crippen molar-refractivity contribution in [2.75, 3.05) is 6.54 Å². The van der Waals surface area contributed by atoms with Crippen LogP contribution in [0.4, 0.5) is 0 Å². The highest BCUT2D eigenvalue weighted by Gasteiger charge is 2.23. The van der Waals surface area contributed by atoms with Gasteiger partial charge in [-0.05, 0) is 13.8 Å². The molecule has 1 N–H and O–H groups in total. The van der Waals surface area contributed by atoms with Crippen LogP contribution in [-0.2, 0) is 9.53 Å². The summed E-state index contributed by atoms with van der Waals surface area (Å²) in [4.78, 5) is 27.0. The van der Waals surface area contributed by atoms with E-state index in [-0.39, 0.29) is 20.8 Å². The molecule has 0 spiro atoms. The van der Waals surface area contributed by atoms with Gasteiger partial charge in [-0.3, -0.25) is 4.79 Å². The van der Waals surface area contributed by atoms with Gasteiger partial charge in [-0.1, -0.05) is 34.8 Å². The topological polar surface area (TPSA) is 68.3 Å². The van der Waals surface area contributed by atoms with Crippen molar-refractivity contribution in [3.8, 4) is 0 Å². The highest BCUT2D eigenvalue weighted by molar-refractivity contribution is 6.48. The van der Waals surface area contributed by atoms with Crippen LogP contribution in [0.2, 0.25) is 15.1 Å². The van der Waals surface area contributed by atoms with Gasteiger partial charge in [0.25, 0.3) is 5.91 Å². The fraction of sp³-hybridized carbons (Fsp3) is 0.364. The molecular weight excluding hydrogens is 314 g/mol. The first-order valence-electron chi connectivity index (χ1n) is 5.36. The third kappa shape index (κ3) is 3.96. The Labute approximate surface area is 125 Å². The summed E-state index contributed by atoms with van der Waals surface area (Å²) in [6, 6.07) is 0. The number of amides is 1. The lowest BCUT2D eigenvalue weighted by Gasteiger charge is -2.13. The minimum absolute atomic E-state index is 0.0101. The zero-order valence-corrected chi connectivity index (χ0v) is 12.4. The number of hydrogen-bond acceptors (Lipinski definition) is 4. The van der Waals surface area contributed by atoms with Gasteiger partial charge in [0.15, 0.2) is 11.8 Å². The van der Waals surface area contributed by atoms with E-state index in [9.17, 15) is 9.59 Å². The Kier molecular flexibility index (Phi) is 5.85. The molecule has 0 aliphatic rings. The largest absolute Gasteiger partial charge is 0.448 e. The zero-order valence-electron chi connectivity index (χ0n) is 10.2. The van der Waals surface area contributed by atoms with Gasteiger partial charge in [-0.2, -0.15) is 0 Å². The lowest BCUT2D eigenvalue weighted by Crippen LogP contribution is -2.35. The number of pyridine rings is 1. The predicted octanol–water partition coefficient (Wildman–Crippen LogP) is 2.72. The Bertz CT molecular complexity index is 508. The summed E-state index contributed by atoms with van der Waals surface area (Å²) in [5.74, 6) is -1.26. The number of hydrogen-bond donors (Lipinski definition) is 1. The fourth-order valence-corrected chi connectivity index (χ4v) is 1.73. The van der Waals surface area contributed by atoms with Crippen LogP contribution >= 0.6 is 34.8 Å². The van der Waals surface area contributed by atoms with Crippen molar-refractivity contribution >= 4 is 46.7 Å². The predicted molar refractivity (Wildman–Crippen MR) is 72.8 cm³/mol. The van der Waals surface area contributed by atoms with Crippen LogP contribution in [0.25, 0.3) is 0 Å². The lowest BCUT2D eigenvalue weighted by atomic mass is 10.3. The van der Waals surface area contributed by atoms with Gasteiger partial charge in [-0.25, -0.2) is 9.78 Å². The molecule has 0 aliphatic heterocycles. The third-order valence-corrected chi connectivity index (χ3v) is 3.36. The maximum absolute atomic E-state index is 11.8. The van der Waals surface area contributed by atoms with Gasteiger partial charge in [-0.15, -0.1) is 0 Å². The van der Waals surface area contributed by atoms with E-state index in [1.165, 1.54) is 13.1 Å². The summed E-state index contributed by atoms with van der Waals surface area (Å²) in [6.45, 7) is 3.63. The SMILES string of the molecule is CCNC(=O)[C@@H](C)OC(=O)c1ncc(Cl)c(Cl)c1Cl. The van der Waals surface area contributed by atoms with Crippen molar-refractivity contribution in [2.24, 2.45) is 0 Å². The monoisotopic (exact) mass is 324 g/mol. The Morgan fingerprint density at radius 1 is 1.37 bits per heavy atom. The number of carbonyl (C=O) groups excluding carboxylic acids is 2. The molecule has 1 heterocycles. The van der Waals surface area contributed by atoms with Crippen LogP contribution in [0.15, 0.2) is 6.20 Å². The van der Waals surface area contributed by atoms with Crippen molar-refractivity contribution in [1.82, 2.24) is 10.3 Å². The average Bonchev–Trinajstić information content (AvgIpc) is 2.36. The van der Waals surface area contributed by atoms with Crippen molar-refractivity contribution in [3.63, 3.8) is 0 Å². The second-order valence-corrected chi connectivity index (χ2v) is 4.69. The van der Waals surface area contributed by atoms with Gasteiger partial charge in [0.2, 0.25) is 0 Å². The molecule has 0 aliphatic carbocycles. The average molecular weight is 326 g/mol. The van der Waals surface area contributed by atoms with Gasteiger partial charge < -0.3 is 10.1 Å². The van der Waals surface area contributed by atoms with E-state index in [2.05, 4.69) is 10.3 Å². The zero-order chi connectivity index (χ0) is 14.6. The van der Waals surface area contributed by atoms with Crippen LogP contribution in [0.5, 0.6) is 0 Å². The van der Waals surface area contributed by atoms with E-state index in [1.807, 2.05) is 0 Å². The number of rotatable bonds is 4. The van der Waals surface area contributed by atoms with Crippen LogP contribution < -0.4 is 5.32 Å². The first-order valence-corrected chi connectivity index (χ1v) is 6.50.